The standard InChI is InChI=1S/C19H15ClN2O6/c1-10(18(24)22-8-16(23)21-13-4-2-3-5-14(13)22)28-19(25)11-6-12(20)17-15(7-11)26-9-27-17/h2-7,10H,8-9H2,1H3,(H,21,23)/t10-/m1/s1. The van der Waals surface area contributed by atoms with Crippen molar-refractivity contribution in [1.29, 1.82) is 0 Å². The van der Waals surface area contributed by atoms with Gasteiger partial charge in [0.2, 0.25) is 12.7 Å². The lowest BCUT2D eigenvalue weighted by molar-refractivity contribution is -0.128. The number of halogens is 1. The van der Waals surface area contributed by atoms with Gasteiger partial charge in [0.1, 0.15) is 6.54 Å². The predicted molar refractivity (Wildman–Crippen MR) is 99.9 cm³/mol. The van der Waals surface area contributed by atoms with E-state index in [2.05, 4.69) is 5.32 Å². The van der Waals surface area contributed by atoms with Crippen LogP contribution < -0.4 is 19.7 Å². The number of ether oxygens (including phenoxy) is 3. The maximum Gasteiger partial charge on any atom is 0.339 e. The summed E-state index contributed by atoms with van der Waals surface area (Å²) in [5, 5.41) is 2.91. The molecule has 2 aromatic rings. The summed E-state index contributed by atoms with van der Waals surface area (Å²) in [6, 6.07) is 9.73. The molecule has 8 nitrogen and oxygen atoms in total. The van der Waals surface area contributed by atoms with Crippen molar-refractivity contribution in [3.8, 4) is 11.5 Å². The molecular formula is C19H15ClN2O6. The van der Waals surface area contributed by atoms with E-state index in [1.165, 1.54) is 24.0 Å². The number of hydrogen-bond donors (Lipinski definition) is 1. The van der Waals surface area contributed by atoms with E-state index in [1.807, 2.05) is 0 Å². The number of rotatable bonds is 3. The van der Waals surface area contributed by atoms with Gasteiger partial charge in [-0.1, -0.05) is 23.7 Å². The highest BCUT2D eigenvalue weighted by molar-refractivity contribution is 6.32. The lowest BCUT2D eigenvalue weighted by Crippen LogP contribution is -2.47. The number of benzene rings is 2. The van der Waals surface area contributed by atoms with Crippen LogP contribution in [0.5, 0.6) is 11.5 Å². The number of esters is 1. The van der Waals surface area contributed by atoms with Gasteiger partial charge in [-0.15, -0.1) is 0 Å². The molecule has 144 valence electrons. The molecule has 1 atom stereocenters. The molecule has 2 aliphatic rings. The molecule has 0 radical (unpaired) electrons. The smallest absolute Gasteiger partial charge is 0.339 e. The van der Waals surface area contributed by atoms with Crippen molar-refractivity contribution >= 4 is 40.8 Å². The third-order valence-electron chi connectivity index (χ3n) is 4.33. The van der Waals surface area contributed by atoms with E-state index >= 15 is 0 Å². The van der Waals surface area contributed by atoms with Crippen LogP contribution in [0.2, 0.25) is 5.02 Å². The third-order valence-corrected chi connectivity index (χ3v) is 4.61. The van der Waals surface area contributed by atoms with Crippen LogP contribution in [0, 0.1) is 0 Å². The molecule has 0 bridgehead atoms. The predicted octanol–water partition coefficient (Wildman–Crippen LogP) is 2.60. The number of para-hydroxylation sites is 2. The van der Waals surface area contributed by atoms with Crippen LogP contribution in [0.3, 0.4) is 0 Å². The van der Waals surface area contributed by atoms with Gasteiger partial charge in [-0.2, -0.15) is 0 Å². The molecule has 2 heterocycles. The molecule has 0 spiro atoms. The first kappa shape index (κ1) is 18.1. The van der Waals surface area contributed by atoms with Crippen molar-refractivity contribution in [2.75, 3.05) is 23.6 Å². The van der Waals surface area contributed by atoms with Crippen molar-refractivity contribution < 1.29 is 28.6 Å². The molecular weight excluding hydrogens is 388 g/mol. The van der Waals surface area contributed by atoms with E-state index in [-0.39, 0.29) is 29.8 Å². The highest BCUT2D eigenvalue weighted by atomic mass is 35.5. The van der Waals surface area contributed by atoms with E-state index in [0.717, 1.165) is 0 Å². The average molecular weight is 403 g/mol. The van der Waals surface area contributed by atoms with Crippen molar-refractivity contribution in [2.45, 2.75) is 13.0 Å². The van der Waals surface area contributed by atoms with Gasteiger partial charge in [0.15, 0.2) is 17.6 Å². The van der Waals surface area contributed by atoms with E-state index in [1.54, 1.807) is 24.3 Å². The topological polar surface area (TPSA) is 94.2 Å². The molecule has 28 heavy (non-hydrogen) atoms. The lowest BCUT2D eigenvalue weighted by atomic mass is 10.1. The number of carbonyl (C=O) groups is 3. The Kier molecular flexibility index (Phi) is 4.56. The Labute approximate surface area is 164 Å². The lowest BCUT2D eigenvalue weighted by Gasteiger charge is -2.30. The first-order valence-corrected chi connectivity index (χ1v) is 8.82. The van der Waals surface area contributed by atoms with Gasteiger partial charge in [0, 0.05) is 0 Å². The van der Waals surface area contributed by atoms with E-state index in [4.69, 9.17) is 25.8 Å². The molecule has 4 rings (SSSR count). The maximum absolute atomic E-state index is 12.8. The number of fused-ring (bicyclic) bond motifs is 2. The van der Waals surface area contributed by atoms with Crippen LogP contribution in [-0.2, 0) is 14.3 Å². The largest absolute Gasteiger partial charge is 0.454 e. The van der Waals surface area contributed by atoms with Crippen LogP contribution in [0.4, 0.5) is 11.4 Å². The maximum atomic E-state index is 12.8. The van der Waals surface area contributed by atoms with Crippen molar-refractivity contribution in [3.63, 3.8) is 0 Å². The summed E-state index contributed by atoms with van der Waals surface area (Å²) >= 11 is 6.08. The normalized spacial score (nSPS) is 15.5. The first-order chi connectivity index (χ1) is 13.4. The zero-order chi connectivity index (χ0) is 19.8. The average Bonchev–Trinajstić information content (AvgIpc) is 3.16. The minimum absolute atomic E-state index is 0.0128. The second-order valence-electron chi connectivity index (χ2n) is 6.23. The van der Waals surface area contributed by atoms with Gasteiger partial charge in [-0.3, -0.25) is 14.5 Å². The van der Waals surface area contributed by atoms with Gasteiger partial charge < -0.3 is 19.5 Å². The molecule has 2 aliphatic heterocycles. The number of carbonyl (C=O) groups excluding carboxylic acids is 3. The zero-order valence-electron chi connectivity index (χ0n) is 14.7. The molecule has 0 saturated carbocycles. The summed E-state index contributed by atoms with van der Waals surface area (Å²) in [5.41, 5.74) is 1.19. The Bertz CT molecular complexity index is 992. The fourth-order valence-corrected chi connectivity index (χ4v) is 3.28. The number of nitrogens with zero attached hydrogens (tertiary/aromatic N) is 1. The van der Waals surface area contributed by atoms with E-state index in [0.29, 0.717) is 22.9 Å². The third kappa shape index (κ3) is 3.22. The molecule has 2 aromatic carbocycles. The number of hydrogen-bond acceptors (Lipinski definition) is 6. The Morgan fingerprint density at radius 1 is 1.25 bits per heavy atom. The zero-order valence-corrected chi connectivity index (χ0v) is 15.5. The van der Waals surface area contributed by atoms with Gasteiger partial charge in [0.25, 0.3) is 5.91 Å². The van der Waals surface area contributed by atoms with Crippen LogP contribution in [0.1, 0.15) is 17.3 Å². The number of amides is 2. The van der Waals surface area contributed by atoms with Crippen molar-refractivity contribution in [2.24, 2.45) is 0 Å². The molecule has 1 N–H and O–H groups in total. The summed E-state index contributed by atoms with van der Waals surface area (Å²) < 4.78 is 15.7. The summed E-state index contributed by atoms with van der Waals surface area (Å²) in [7, 11) is 0. The van der Waals surface area contributed by atoms with Crippen LogP contribution >= 0.6 is 11.6 Å². The Hall–Kier alpha value is -3.26. The van der Waals surface area contributed by atoms with Crippen LogP contribution in [0.15, 0.2) is 36.4 Å². The fourth-order valence-electron chi connectivity index (χ4n) is 3.01. The Morgan fingerprint density at radius 3 is 2.86 bits per heavy atom. The summed E-state index contributed by atoms with van der Waals surface area (Å²) in [4.78, 5) is 38.5. The fraction of sp³-hybridized carbons (Fsp3) is 0.211. The van der Waals surface area contributed by atoms with Crippen molar-refractivity contribution in [1.82, 2.24) is 0 Å². The molecule has 9 heteroatoms. The second kappa shape index (κ2) is 7.05. The minimum atomic E-state index is -1.12. The quantitative estimate of drug-likeness (QED) is 0.793. The van der Waals surface area contributed by atoms with Crippen LogP contribution in [0.25, 0.3) is 0 Å². The van der Waals surface area contributed by atoms with Gasteiger partial charge in [-0.05, 0) is 31.2 Å². The highest BCUT2D eigenvalue weighted by Crippen LogP contribution is 2.40. The molecule has 0 fully saturated rings. The van der Waals surface area contributed by atoms with E-state index < -0.39 is 18.0 Å². The highest BCUT2D eigenvalue weighted by Gasteiger charge is 2.32. The number of nitrogens with one attached hydrogen (secondary N) is 1. The summed E-state index contributed by atoms with van der Waals surface area (Å²) in [5.74, 6) is -0.884. The second-order valence-corrected chi connectivity index (χ2v) is 6.64. The molecule has 0 aliphatic carbocycles. The number of anilines is 2. The molecule has 0 saturated heterocycles. The summed E-state index contributed by atoms with van der Waals surface area (Å²) in [6.45, 7) is 1.30. The SMILES string of the molecule is C[C@@H](OC(=O)c1cc(Cl)c2c(c1)OCO2)C(=O)N1CC(=O)Nc2ccccc21. The first-order valence-electron chi connectivity index (χ1n) is 8.44. The molecule has 0 unspecified atom stereocenters. The summed E-state index contributed by atoms with van der Waals surface area (Å²) in [6.07, 6.45) is -1.12. The monoisotopic (exact) mass is 402 g/mol. The van der Waals surface area contributed by atoms with Gasteiger partial charge >= 0.3 is 5.97 Å². The Morgan fingerprint density at radius 2 is 2.04 bits per heavy atom. The van der Waals surface area contributed by atoms with Crippen molar-refractivity contribution in [3.05, 3.63) is 47.0 Å². The van der Waals surface area contributed by atoms with Gasteiger partial charge in [0.05, 0.1) is 22.0 Å². The van der Waals surface area contributed by atoms with Gasteiger partial charge in [-0.25, -0.2) is 4.79 Å². The van der Waals surface area contributed by atoms with Crippen LogP contribution in [-0.4, -0.2) is 37.2 Å². The van der Waals surface area contributed by atoms with E-state index in [9.17, 15) is 14.4 Å². The Balaban J connectivity index is 1.52. The molecule has 2 amide bonds. The minimum Gasteiger partial charge on any atom is -0.454 e. The molecule has 0 aromatic heterocycles.